The molecule has 3 N–H and O–H groups in total. The summed E-state index contributed by atoms with van der Waals surface area (Å²) in [6, 6.07) is 8.30. The Morgan fingerprint density at radius 3 is 3.00 bits per heavy atom. The lowest BCUT2D eigenvalue weighted by Gasteiger charge is -2.34. The number of pyridine rings is 1. The number of ether oxygens (including phenoxy) is 1. The van der Waals surface area contributed by atoms with Gasteiger partial charge in [0.1, 0.15) is 5.75 Å². The van der Waals surface area contributed by atoms with E-state index >= 15 is 0 Å². The highest BCUT2D eigenvalue weighted by Crippen LogP contribution is 2.24. The van der Waals surface area contributed by atoms with Crippen molar-refractivity contribution in [3.05, 3.63) is 54.1 Å². The summed E-state index contributed by atoms with van der Waals surface area (Å²) in [5.41, 5.74) is 6.11. The molecule has 2 heterocycles. The SMILES string of the molecule is CN=C(NCc1ccc(Oc2cccnc2)c(F)c1)N1CCCC(CC(N)=O)C1. The smallest absolute Gasteiger partial charge is 0.217 e. The maximum Gasteiger partial charge on any atom is 0.217 e. The van der Waals surface area contributed by atoms with Crippen molar-refractivity contribution in [2.45, 2.75) is 25.8 Å². The van der Waals surface area contributed by atoms with E-state index in [4.69, 9.17) is 10.5 Å². The lowest BCUT2D eigenvalue weighted by atomic mass is 9.95. The Balaban J connectivity index is 1.58. The third-order valence-electron chi connectivity index (χ3n) is 4.83. The lowest BCUT2D eigenvalue weighted by Crippen LogP contribution is -2.46. The number of nitrogens with two attached hydrogens (primary N) is 1. The van der Waals surface area contributed by atoms with Gasteiger partial charge in [-0.15, -0.1) is 0 Å². The molecule has 0 spiro atoms. The fraction of sp³-hybridized carbons (Fsp3) is 0.381. The number of carbonyl (C=O) groups excluding carboxylic acids is 1. The molecule has 1 atom stereocenters. The number of hydrogen-bond acceptors (Lipinski definition) is 4. The fourth-order valence-electron chi connectivity index (χ4n) is 3.49. The van der Waals surface area contributed by atoms with E-state index in [0.29, 0.717) is 18.7 Å². The summed E-state index contributed by atoms with van der Waals surface area (Å²) in [5.74, 6) is 0.882. The molecule has 2 aromatic rings. The molecule has 1 unspecified atom stereocenters. The number of nitrogens with one attached hydrogen (secondary N) is 1. The number of primary amides is 1. The summed E-state index contributed by atoms with van der Waals surface area (Å²) in [6.07, 6.45) is 5.51. The Kier molecular flexibility index (Phi) is 6.99. The third kappa shape index (κ3) is 5.91. The van der Waals surface area contributed by atoms with Crippen molar-refractivity contribution < 1.29 is 13.9 Å². The number of piperidine rings is 1. The first kappa shape index (κ1) is 20.6. The van der Waals surface area contributed by atoms with Crippen molar-refractivity contribution in [1.82, 2.24) is 15.2 Å². The second kappa shape index (κ2) is 9.86. The van der Waals surface area contributed by atoms with Gasteiger partial charge < -0.3 is 20.7 Å². The topological polar surface area (TPSA) is 92.8 Å². The van der Waals surface area contributed by atoms with Crippen LogP contribution in [0.25, 0.3) is 0 Å². The summed E-state index contributed by atoms with van der Waals surface area (Å²) in [4.78, 5) is 21.6. The van der Waals surface area contributed by atoms with E-state index in [1.165, 1.54) is 12.3 Å². The molecule has 1 fully saturated rings. The summed E-state index contributed by atoms with van der Waals surface area (Å²) < 4.78 is 19.9. The molecule has 7 nitrogen and oxygen atoms in total. The average Bonchev–Trinajstić information content (AvgIpc) is 2.71. The van der Waals surface area contributed by atoms with Gasteiger partial charge in [0.15, 0.2) is 17.5 Å². The van der Waals surface area contributed by atoms with Gasteiger partial charge in [-0.05, 0) is 48.6 Å². The van der Waals surface area contributed by atoms with Crippen molar-refractivity contribution in [1.29, 1.82) is 0 Å². The van der Waals surface area contributed by atoms with Gasteiger partial charge in [0.25, 0.3) is 0 Å². The molecule has 3 rings (SSSR count). The van der Waals surface area contributed by atoms with E-state index in [-0.39, 0.29) is 17.6 Å². The van der Waals surface area contributed by atoms with Crippen LogP contribution in [-0.4, -0.2) is 41.9 Å². The van der Waals surface area contributed by atoms with E-state index in [0.717, 1.165) is 37.5 Å². The van der Waals surface area contributed by atoms with Crippen LogP contribution in [0.5, 0.6) is 11.5 Å². The number of nitrogens with zero attached hydrogens (tertiary/aromatic N) is 3. The van der Waals surface area contributed by atoms with Gasteiger partial charge in [0, 0.05) is 39.3 Å². The zero-order chi connectivity index (χ0) is 20.6. The zero-order valence-electron chi connectivity index (χ0n) is 16.5. The Morgan fingerprint density at radius 1 is 1.45 bits per heavy atom. The molecule has 1 aromatic carbocycles. The van der Waals surface area contributed by atoms with Gasteiger partial charge in [-0.25, -0.2) is 4.39 Å². The van der Waals surface area contributed by atoms with Crippen LogP contribution in [0.15, 0.2) is 47.7 Å². The van der Waals surface area contributed by atoms with Crippen LogP contribution in [0.1, 0.15) is 24.8 Å². The molecular formula is C21H26FN5O2. The predicted molar refractivity (Wildman–Crippen MR) is 109 cm³/mol. The third-order valence-corrected chi connectivity index (χ3v) is 4.83. The van der Waals surface area contributed by atoms with Crippen molar-refractivity contribution >= 4 is 11.9 Å². The zero-order valence-corrected chi connectivity index (χ0v) is 16.5. The Hall–Kier alpha value is -3.16. The van der Waals surface area contributed by atoms with Crippen LogP contribution >= 0.6 is 0 Å². The summed E-state index contributed by atoms with van der Waals surface area (Å²) in [7, 11) is 1.71. The van der Waals surface area contributed by atoms with Crippen LogP contribution < -0.4 is 15.8 Å². The summed E-state index contributed by atoms with van der Waals surface area (Å²) in [6.45, 7) is 2.02. The van der Waals surface area contributed by atoms with Gasteiger partial charge >= 0.3 is 0 Å². The van der Waals surface area contributed by atoms with E-state index in [1.807, 2.05) is 0 Å². The highest BCUT2D eigenvalue weighted by atomic mass is 19.1. The molecule has 0 radical (unpaired) electrons. The van der Waals surface area contributed by atoms with Gasteiger partial charge in [-0.3, -0.25) is 14.8 Å². The number of hydrogen-bond donors (Lipinski definition) is 2. The summed E-state index contributed by atoms with van der Waals surface area (Å²) in [5, 5.41) is 3.27. The van der Waals surface area contributed by atoms with Crippen LogP contribution in [-0.2, 0) is 11.3 Å². The standard InChI is InChI=1S/C21H26FN5O2/c1-24-21(27-9-3-4-16(14-27)11-20(23)28)26-12-15-6-7-19(18(22)10-15)29-17-5-2-8-25-13-17/h2,5-8,10,13,16H,3-4,9,11-12,14H2,1H3,(H2,23,28)(H,24,26). The molecule has 0 bridgehead atoms. The van der Waals surface area contributed by atoms with Gasteiger partial charge in [-0.1, -0.05) is 6.07 Å². The number of likely N-dealkylation sites (tertiary alicyclic amines) is 1. The maximum absolute atomic E-state index is 14.4. The van der Waals surface area contributed by atoms with Crippen molar-refractivity contribution in [3.63, 3.8) is 0 Å². The first-order valence-electron chi connectivity index (χ1n) is 9.65. The minimum atomic E-state index is -0.442. The highest BCUT2D eigenvalue weighted by Gasteiger charge is 2.23. The number of rotatable bonds is 6. The Morgan fingerprint density at radius 2 is 2.31 bits per heavy atom. The van der Waals surface area contributed by atoms with E-state index in [9.17, 15) is 9.18 Å². The first-order valence-corrected chi connectivity index (χ1v) is 9.65. The maximum atomic E-state index is 14.4. The minimum Gasteiger partial charge on any atom is -0.453 e. The molecule has 1 aliphatic heterocycles. The second-order valence-corrected chi connectivity index (χ2v) is 7.08. The highest BCUT2D eigenvalue weighted by molar-refractivity contribution is 5.80. The molecule has 8 heteroatoms. The fourth-order valence-corrected chi connectivity index (χ4v) is 3.49. The second-order valence-electron chi connectivity index (χ2n) is 7.08. The molecule has 1 aromatic heterocycles. The van der Waals surface area contributed by atoms with Gasteiger partial charge in [-0.2, -0.15) is 0 Å². The quantitative estimate of drug-likeness (QED) is 0.575. The predicted octanol–water partition coefficient (Wildman–Crippen LogP) is 2.68. The number of benzene rings is 1. The number of aliphatic imine (C=N–C) groups is 1. The van der Waals surface area contributed by atoms with Gasteiger partial charge in [0.2, 0.25) is 5.91 Å². The van der Waals surface area contributed by atoms with Crippen LogP contribution in [0.2, 0.25) is 0 Å². The normalized spacial score (nSPS) is 17.1. The van der Waals surface area contributed by atoms with E-state index in [2.05, 4.69) is 20.2 Å². The minimum absolute atomic E-state index is 0.149. The molecular weight excluding hydrogens is 373 g/mol. The number of halogens is 1. The number of carbonyl (C=O) groups is 1. The Labute approximate surface area is 169 Å². The van der Waals surface area contributed by atoms with Crippen molar-refractivity contribution in [2.75, 3.05) is 20.1 Å². The lowest BCUT2D eigenvalue weighted by molar-refractivity contribution is -0.119. The molecule has 1 aliphatic rings. The van der Waals surface area contributed by atoms with Crippen LogP contribution in [0, 0.1) is 11.7 Å². The first-order chi connectivity index (χ1) is 14.0. The van der Waals surface area contributed by atoms with Crippen LogP contribution in [0.3, 0.4) is 0 Å². The molecule has 29 heavy (non-hydrogen) atoms. The monoisotopic (exact) mass is 399 g/mol. The van der Waals surface area contributed by atoms with Crippen LogP contribution in [0.4, 0.5) is 4.39 Å². The molecule has 0 saturated carbocycles. The molecule has 1 saturated heterocycles. The van der Waals surface area contributed by atoms with Crippen molar-refractivity contribution in [3.8, 4) is 11.5 Å². The van der Waals surface area contributed by atoms with E-state index < -0.39 is 5.82 Å². The Bertz CT molecular complexity index is 859. The molecule has 1 amide bonds. The van der Waals surface area contributed by atoms with Gasteiger partial charge in [0.05, 0.1) is 6.20 Å². The number of guanidine groups is 1. The number of amides is 1. The summed E-state index contributed by atoms with van der Waals surface area (Å²) >= 11 is 0. The molecule has 154 valence electrons. The average molecular weight is 399 g/mol. The largest absolute Gasteiger partial charge is 0.453 e. The van der Waals surface area contributed by atoms with Crippen molar-refractivity contribution in [2.24, 2.45) is 16.6 Å². The number of aromatic nitrogens is 1. The van der Waals surface area contributed by atoms with E-state index in [1.54, 1.807) is 37.5 Å². The molecule has 0 aliphatic carbocycles.